The number of ether oxygens (including phenoxy) is 2. The lowest BCUT2D eigenvalue weighted by atomic mass is 9.95. The molecule has 2 heterocycles. The van der Waals surface area contributed by atoms with E-state index in [0.29, 0.717) is 27.3 Å². The summed E-state index contributed by atoms with van der Waals surface area (Å²) in [7, 11) is 1.46. The fourth-order valence-electron chi connectivity index (χ4n) is 2.78. The zero-order chi connectivity index (χ0) is 18.1. The molecule has 0 radical (unpaired) electrons. The zero-order valence-electron chi connectivity index (χ0n) is 13.9. The molecule has 0 bridgehead atoms. The number of aromatic nitrogens is 3. The van der Waals surface area contributed by atoms with Crippen LogP contribution in [0.3, 0.4) is 0 Å². The number of methoxy groups -OCH3 is 1. The maximum absolute atomic E-state index is 12.6. The Kier molecular flexibility index (Phi) is 4.67. The molecule has 2 N–H and O–H groups in total. The van der Waals surface area contributed by atoms with Crippen LogP contribution in [0.1, 0.15) is 25.5 Å². The molecule has 3 rings (SSSR count). The maximum Gasteiger partial charge on any atom is 0.338 e. The molecule has 0 aliphatic carbocycles. The highest BCUT2D eigenvalue weighted by atomic mass is 79.9. The van der Waals surface area contributed by atoms with Gasteiger partial charge in [-0.3, -0.25) is 0 Å². The number of nitrogens with one attached hydrogen (secondary N) is 1. The second kappa shape index (κ2) is 6.75. The Balaban J connectivity index is 2.20. The van der Waals surface area contributed by atoms with Crippen molar-refractivity contribution in [3.8, 4) is 11.5 Å². The van der Waals surface area contributed by atoms with E-state index in [1.165, 1.54) is 13.4 Å². The summed E-state index contributed by atoms with van der Waals surface area (Å²) in [6, 6.07) is 2.81. The molecule has 132 valence electrons. The van der Waals surface area contributed by atoms with E-state index in [4.69, 9.17) is 9.47 Å². The smallest absolute Gasteiger partial charge is 0.338 e. The first-order chi connectivity index (χ1) is 12.0. The predicted octanol–water partition coefficient (Wildman–Crippen LogP) is 2.61. The van der Waals surface area contributed by atoms with Crippen LogP contribution >= 0.6 is 15.9 Å². The van der Waals surface area contributed by atoms with Crippen molar-refractivity contribution in [2.24, 2.45) is 0 Å². The summed E-state index contributed by atoms with van der Waals surface area (Å²) in [6.07, 6.45) is 1.41. The highest BCUT2D eigenvalue weighted by molar-refractivity contribution is 9.10. The van der Waals surface area contributed by atoms with Gasteiger partial charge in [0.15, 0.2) is 11.5 Å². The number of phenolic OH excluding ortho intramolecular Hbond substituents is 1. The van der Waals surface area contributed by atoms with Crippen LogP contribution in [0.5, 0.6) is 11.5 Å². The van der Waals surface area contributed by atoms with Gasteiger partial charge in [0.2, 0.25) is 5.95 Å². The molecule has 0 unspecified atom stereocenters. The van der Waals surface area contributed by atoms with Crippen LogP contribution in [0.15, 0.2) is 34.2 Å². The molecule has 1 aromatic heterocycles. The number of rotatable bonds is 4. The Labute approximate surface area is 152 Å². The summed E-state index contributed by atoms with van der Waals surface area (Å²) >= 11 is 3.31. The summed E-state index contributed by atoms with van der Waals surface area (Å²) in [4.78, 5) is 16.7. The minimum atomic E-state index is -0.566. The van der Waals surface area contributed by atoms with Gasteiger partial charge in [-0.2, -0.15) is 10.1 Å². The average molecular weight is 409 g/mol. The molecule has 0 fully saturated rings. The Hall–Kier alpha value is -2.55. The van der Waals surface area contributed by atoms with Crippen molar-refractivity contribution in [1.29, 1.82) is 0 Å². The monoisotopic (exact) mass is 408 g/mol. The van der Waals surface area contributed by atoms with Gasteiger partial charge in [0.1, 0.15) is 12.4 Å². The van der Waals surface area contributed by atoms with Gasteiger partial charge in [-0.25, -0.2) is 9.48 Å². The van der Waals surface area contributed by atoms with Crippen LogP contribution in [0.4, 0.5) is 5.95 Å². The molecule has 1 atom stereocenters. The first-order valence-corrected chi connectivity index (χ1v) is 8.38. The highest BCUT2D eigenvalue weighted by Gasteiger charge is 2.35. The number of carbonyl (C=O) groups excluding carboxylic acids is 1. The quantitative estimate of drug-likeness (QED) is 0.749. The number of benzene rings is 1. The standard InChI is InChI=1S/C16H17BrN4O4/c1-4-25-15(23)12-8(2)20-16-18-7-19-21(16)13(12)9-5-10(17)14(22)11(6-9)24-3/h5-7,13,22H,4H2,1-3H3,(H,18,19,20)/t13-/m0/s1. The van der Waals surface area contributed by atoms with Crippen LogP contribution in [0.25, 0.3) is 0 Å². The summed E-state index contributed by atoms with van der Waals surface area (Å²) < 4.78 is 12.5. The lowest BCUT2D eigenvalue weighted by Gasteiger charge is -2.28. The average Bonchev–Trinajstić information content (AvgIpc) is 3.04. The predicted molar refractivity (Wildman–Crippen MR) is 93.5 cm³/mol. The number of halogens is 1. The lowest BCUT2D eigenvalue weighted by Crippen LogP contribution is -2.29. The van der Waals surface area contributed by atoms with E-state index in [1.807, 2.05) is 0 Å². The normalized spacial score (nSPS) is 16.2. The third-order valence-corrected chi connectivity index (χ3v) is 4.48. The molecular formula is C16H17BrN4O4. The Morgan fingerprint density at radius 1 is 1.48 bits per heavy atom. The zero-order valence-corrected chi connectivity index (χ0v) is 15.5. The molecule has 25 heavy (non-hydrogen) atoms. The summed E-state index contributed by atoms with van der Waals surface area (Å²) in [5.41, 5.74) is 1.74. The van der Waals surface area contributed by atoms with Gasteiger partial charge < -0.3 is 19.9 Å². The summed E-state index contributed by atoms with van der Waals surface area (Å²) in [5, 5.41) is 17.4. The molecule has 8 nitrogen and oxygen atoms in total. The number of fused-ring (bicyclic) bond motifs is 1. The number of aromatic hydroxyl groups is 1. The molecule has 1 aliphatic rings. The van der Waals surface area contributed by atoms with Crippen LogP contribution in [0, 0.1) is 0 Å². The van der Waals surface area contributed by atoms with Gasteiger partial charge in [-0.15, -0.1) is 0 Å². The van der Waals surface area contributed by atoms with Crippen molar-refractivity contribution in [2.45, 2.75) is 19.9 Å². The van der Waals surface area contributed by atoms with Crippen molar-refractivity contribution in [3.05, 3.63) is 39.8 Å². The van der Waals surface area contributed by atoms with E-state index in [-0.39, 0.29) is 18.1 Å². The molecule has 0 spiro atoms. The molecule has 9 heteroatoms. The van der Waals surface area contributed by atoms with Crippen LogP contribution in [-0.2, 0) is 9.53 Å². The number of esters is 1. The fourth-order valence-corrected chi connectivity index (χ4v) is 3.24. The van der Waals surface area contributed by atoms with Crippen LogP contribution < -0.4 is 10.1 Å². The van der Waals surface area contributed by atoms with Gasteiger partial charge in [0.25, 0.3) is 0 Å². The van der Waals surface area contributed by atoms with Crippen molar-refractivity contribution in [2.75, 3.05) is 19.0 Å². The minimum Gasteiger partial charge on any atom is -0.503 e. The van der Waals surface area contributed by atoms with Gasteiger partial charge in [0, 0.05) is 5.70 Å². The molecule has 1 aromatic carbocycles. The van der Waals surface area contributed by atoms with Crippen molar-refractivity contribution < 1.29 is 19.4 Å². The van der Waals surface area contributed by atoms with E-state index < -0.39 is 12.0 Å². The third kappa shape index (κ3) is 2.95. The van der Waals surface area contributed by atoms with E-state index >= 15 is 0 Å². The van der Waals surface area contributed by atoms with E-state index in [2.05, 4.69) is 31.3 Å². The van der Waals surface area contributed by atoms with Gasteiger partial charge in [-0.1, -0.05) is 0 Å². The van der Waals surface area contributed by atoms with Crippen molar-refractivity contribution in [1.82, 2.24) is 14.8 Å². The Morgan fingerprint density at radius 3 is 2.92 bits per heavy atom. The first-order valence-electron chi connectivity index (χ1n) is 7.58. The molecule has 0 saturated heterocycles. The summed E-state index contributed by atoms with van der Waals surface area (Å²) in [6.45, 7) is 3.79. The number of phenols is 1. The van der Waals surface area contributed by atoms with Crippen molar-refractivity contribution >= 4 is 27.8 Å². The van der Waals surface area contributed by atoms with E-state index in [9.17, 15) is 9.90 Å². The minimum absolute atomic E-state index is 0.0163. The fraction of sp³-hybridized carbons (Fsp3) is 0.312. The lowest BCUT2D eigenvalue weighted by molar-refractivity contribution is -0.139. The number of allylic oxidation sites excluding steroid dienone is 1. The number of carbonyl (C=O) groups is 1. The van der Waals surface area contributed by atoms with Gasteiger partial charge in [0.05, 0.1) is 23.8 Å². The topological polar surface area (TPSA) is 98.5 Å². The van der Waals surface area contributed by atoms with Gasteiger partial charge >= 0.3 is 5.97 Å². The van der Waals surface area contributed by atoms with Gasteiger partial charge in [-0.05, 0) is 47.5 Å². The first kappa shape index (κ1) is 17.3. The van der Waals surface area contributed by atoms with Crippen molar-refractivity contribution in [3.63, 3.8) is 0 Å². The summed E-state index contributed by atoms with van der Waals surface area (Å²) in [5.74, 6) is 0.336. The maximum atomic E-state index is 12.6. The highest BCUT2D eigenvalue weighted by Crippen LogP contribution is 2.41. The number of anilines is 1. The SMILES string of the molecule is CCOC(=O)C1=C(C)Nc2ncnn2[C@H]1c1cc(Br)c(O)c(OC)c1. The Morgan fingerprint density at radius 2 is 2.24 bits per heavy atom. The van der Waals surface area contributed by atoms with Crippen LogP contribution in [0.2, 0.25) is 0 Å². The second-order valence-electron chi connectivity index (χ2n) is 5.37. The largest absolute Gasteiger partial charge is 0.503 e. The number of hydrogen-bond donors (Lipinski definition) is 2. The van der Waals surface area contributed by atoms with E-state index in [1.54, 1.807) is 30.7 Å². The molecule has 0 amide bonds. The molecular weight excluding hydrogens is 392 g/mol. The number of hydrogen-bond acceptors (Lipinski definition) is 7. The third-order valence-electron chi connectivity index (χ3n) is 3.88. The molecule has 0 saturated carbocycles. The molecule has 1 aliphatic heterocycles. The van der Waals surface area contributed by atoms with E-state index in [0.717, 1.165) is 0 Å². The second-order valence-corrected chi connectivity index (χ2v) is 6.22. The van der Waals surface area contributed by atoms with Crippen LogP contribution in [-0.4, -0.2) is 39.6 Å². The molecule has 2 aromatic rings. The number of nitrogens with zero attached hydrogens (tertiary/aromatic N) is 3. The Bertz CT molecular complexity index is 862.